The van der Waals surface area contributed by atoms with Gasteiger partial charge in [0.05, 0.1) is 16.6 Å². The lowest BCUT2D eigenvalue weighted by Crippen LogP contribution is -2.30. The first-order valence-electron chi connectivity index (χ1n) is 11.3. The molecule has 1 unspecified atom stereocenters. The zero-order chi connectivity index (χ0) is 24.4. The number of H-pyrrole nitrogens is 1. The summed E-state index contributed by atoms with van der Waals surface area (Å²) in [7, 11) is 0. The predicted molar refractivity (Wildman–Crippen MR) is 141 cm³/mol. The van der Waals surface area contributed by atoms with Crippen LogP contribution >= 0.6 is 23.2 Å². The van der Waals surface area contributed by atoms with Crippen molar-refractivity contribution < 1.29 is 9.59 Å². The number of halogens is 2. The second-order valence-corrected chi connectivity index (χ2v) is 9.38. The molecular formula is C28H23Cl2N3O2. The predicted octanol–water partition coefficient (Wildman–Crippen LogP) is 6.20. The average Bonchev–Trinajstić information content (AvgIpc) is 3.50. The first-order valence-corrected chi connectivity index (χ1v) is 12.1. The highest BCUT2D eigenvalue weighted by Gasteiger charge is 2.23. The first kappa shape index (κ1) is 23.2. The summed E-state index contributed by atoms with van der Waals surface area (Å²) >= 11 is 12.7. The van der Waals surface area contributed by atoms with Crippen LogP contribution in [0.4, 0.5) is 0 Å². The molecule has 1 aliphatic heterocycles. The molecule has 2 aromatic carbocycles. The minimum Gasteiger partial charge on any atom is -0.356 e. The number of amides is 2. The van der Waals surface area contributed by atoms with Gasteiger partial charge in [0, 0.05) is 47.1 Å². The molecule has 0 saturated heterocycles. The Labute approximate surface area is 213 Å². The Morgan fingerprint density at radius 3 is 2.49 bits per heavy atom. The number of fused-ring (bicyclic) bond motifs is 1. The van der Waals surface area contributed by atoms with E-state index in [4.69, 9.17) is 23.2 Å². The molecule has 2 aliphatic rings. The van der Waals surface area contributed by atoms with Gasteiger partial charge in [-0.3, -0.25) is 9.59 Å². The van der Waals surface area contributed by atoms with Gasteiger partial charge in [0.2, 0.25) is 0 Å². The highest BCUT2D eigenvalue weighted by atomic mass is 35.5. The van der Waals surface area contributed by atoms with Crippen molar-refractivity contribution >= 4 is 47.2 Å². The normalized spacial score (nSPS) is 15.4. The van der Waals surface area contributed by atoms with Gasteiger partial charge in [-0.25, -0.2) is 0 Å². The number of hydrogen-bond donors (Lipinski definition) is 2. The standard InChI is InChI=1S/C28H23Cl2N3O2/c29-21-9-6-10-24-20(15-21)17-25(31-24)26(18-7-2-1-3-8-18)32-27(34)19-11-12-22(23(30)16-19)28(35)33-13-4-5-14-33/h1-8,10-12,15-17,26,31H,9,13-14H2,(H,32,34). The van der Waals surface area contributed by atoms with Gasteiger partial charge in [0.25, 0.3) is 11.8 Å². The number of carbonyl (C=O) groups excluding carboxylic acids is 2. The maximum atomic E-state index is 13.3. The summed E-state index contributed by atoms with van der Waals surface area (Å²) in [4.78, 5) is 31.1. The second-order valence-electron chi connectivity index (χ2n) is 8.48. The molecule has 176 valence electrons. The lowest BCUT2D eigenvalue weighted by molar-refractivity contribution is 0.0799. The number of nitrogens with one attached hydrogen (secondary N) is 2. The van der Waals surface area contributed by atoms with Crippen molar-refractivity contribution in [1.82, 2.24) is 15.2 Å². The van der Waals surface area contributed by atoms with Crippen molar-refractivity contribution in [2.24, 2.45) is 0 Å². The van der Waals surface area contributed by atoms with E-state index in [1.165, 1.54) is 0 Å². The molecule has 0 spiro atoms. The molecule has 1 aliphatic carbocycles. The highest BCUT2D eigenvalue weighted by Crippen LogP contribution is 2.29. The quantitative estimate of drug-likeness (QED) is 0.407. The maximum absolute atomic E-state index is 13.3. The minimum absolute atomic E-state index is 0.151. The molecule has 2 amide bonds. The van der Waals surface area contributed by atoms with Crippen LogP contribution in [0.3, 0.4) is 0 Å². The molecule has 2 N–H and O–H groups in total. The van der Waals surface area contributed by atoms with Crippen molar-refractivity contribution in [1.29, 1.82) is 0 Å². The molecule has 1 aromatic heterocycles. The fourth-order valence-electron chi connectivity index (χ4n) is 4.28. The highest BCUT2D eigenvalue weighted by molar-refractivity contribution is 6.34. The summed E-state index contributed by atoms with van der Waals surface area (Å²) in [5.41, 5.74) is 4.43. The van der Waals surface area contributed by atoms with Crippen molar-refractivity contribution in [3.8, 4) is 0 Å². The van der Waals surface area contributed by atoms with Crippen LogP contribution in [0.2, 0.25) is 5.02 Å². The van der Waals surface area contributed by atoms with E-state index >= 15 is 0 Å². The van der Waals surface area contributed by atoms with Gasteiger partial charge in [-0.2, -0.15) is 0 Å². The number of nitrogens with zero attached hydrogens (tertiary/aromatic N) is 1. The van der Waals surface area contributed by atoms with E-state index in [0.29, 0.717) is 30.6 Å². The Bertz CT molecular complexity index is 1360. The zero-order valence-electron chi connectivity index (χ0n) is 18.8. The third-order valence-electron chi connectivity index (χ3n) is 6.10. The van der Waals surface area contributed by atoms with Crippen LogP contribution in [-0.2, 0) is 0 Å². The smallest absolute Gasteiger partial charge is 0.255 e. The van der Waals surface area contributed by atoms with Crippen LogP contribution in [0.25, 0.3) is 12.2 Å². The Morgan fingerprint density at radius 2 is 1.74 bits per heavy atom. The van der Waals surface area contributed by atoms with Crippen LogP contribution in [0.1, 0.15) is 55.7 Å². The summed E-state index contributed by atoms with van der Waals surface area (Å²) in [6.45, 7) is 1.12. The molecule has 1 atom stereocenters. The molecule has 0 saturated carbocycles. The summed E-state index contributed by atoms with van der Waals surface area (Å²) < 4.78 is 0. The molecular weight excluding hydrogens is 481 g/mol. The van der Waals surface area contributed by atoms with Gasteiger partial charge in [0.15, 0.2) is 0 Å². The van der Waals surface area contributed by atoms with Crippen LogP contribution < -0.4 is 5.32 Å². The Kier molecular flexibility index (Phi) is 6.62. The van der Waals surface area contributed by atoms with Crippen LogP contribution in [0.15, 0.2) is 77.9 Å². The Morgan fingerprint density at radius 1 is 0.971 bits per heavy atom. The number of rotatable bonds is 5. The van der Waals surface area contributed by atoms with Crippen LogP contribution in [-0.4, -0.2) is 34.8 Å². The fourth-order valence-corrected chi connectivity index (χ4v) is 4.75. The van der Waals surface area contributed by atoms with E-state index in [1.807, 2.05) is 66.8 Å². The van der Waals surface area contributed by atoms with E-state index in [0.717, 1.165) is 27.5 Å². The second kappa shape index (κ2) is 9.98. The molecule has 5 rings (SSSR count). The Hall–Kier alpha value is -3.54. The first-order chi connectivity index (χ1) is 17.0. The van der Waals surface area contributed by atoms with Gasteiger partial charge < -0.3 is 15.2 Å². The third kappa shape index (κ3) is 4.97. The zero-order valence-corrected chi connectivity index (χ0v) is 20.3. The molecule has 35 heavy (non-hydrogen) atoms. The number of benzene rings is 2. The molecule has 0 fully saturated rings. The molecule has 2 heterocycles. The van der Waals surface area contributed by atoms with Crippen LogP contribution in [0, 0.1) is 0 Å². The SMILES string of the molecule is O=C(NC(c1ccccc1)c1cc2c([nH]1)C=CCC(Cl)=C2)c1ccc(C(=O)N2CC=CC2)c(Cl)c1. The topological polar surface area (TPSA) is 65.2 Å². The van der Waals surface area contributed by atoms with E-state index in [2.05, 4.69) is 10.3 Å². The number of aromatic amines is 1. The number of hydrogen-bond acceptors (Lipinski definition) is 2. The summed E-state index contributed by atoms with van der Waals surface area (Å²) in [5.74, 6) is -0.446. The summed E-state index contributed by atoms with van der Waals surface area (Å²) in [6, 6.07) is 16.1. The van der Waals surface area contributed by atoms with Gasteiger partial charge in [-0.05, 0) is 42.0 Å². The molecule has 0 radical (unpaired) electrons. The number of allylic oxidation sites excluding steroid dienone is 2. The Balaban J connectivity index is 1.43. The van der Waals surface area contributed by atoms with E-state index < -0.39 is 6.04 Å². The van der Waals surface area contributed by atoms with E-state index in [9.17, 15) is 9.59 Å². The molecule has 7 heteroatoms. The van der Waals surface area contributed by atoms with Crippen molar-refractivity contribution in [3.05, 3.63) is 117 Å². The minimum atomic E-state index is -0.424. The van der Waals surface area contributed by atoms with E-state index in [-0.39, 0.29) is 16.8 Å². The largest absolute Gasteiger partial charge is 0.356 e. The van der Waals surface area contributed by atoms with E-state index in [1.54, 1.807) is 23.1 Å². The third-order valence-corrected chi connectivity index (χ3v) is 6.67. The van der Waals surface area contributed by atoms with Gasteiger partial charge in [-0.1, -0.05) is 71.8 Å². The fraction of sp³-hybridized carbons (Fsp3) is 0.143. The number of aromatic nitrogens is 1. The van der Waals surface area contributed by atoms with Crippen LogP contribution in [0.5, 0.6) is 0 Å². The molecule has 0 bridgehead atoms. The van der Waals surface area contributed by atoms with Gasteiger partial charge in [-0.15, -0.1) is 0 Å². The molecule has 5 nitrogen and oxygen atoms in total. The van der Waals surface area contributed by atoms with Crippen molar-refractivity contribution in [2.45, 2.75) is 12.5 Å². The lowest BCUT2D eigenvalue weighted by atomic mass is 10.0. The monoisotopic (exact) mass is 503 g/mol. The van der Waals surface area contributed by atoms with Crippen molar-refractivity contribution in [2.75, 3.05) is 13.1 Å². The number of carbonyl (C=O) groups is 2. The van der Waals surface area contributed by atoms with Gasteiger partial charge >= 0.3 is 0 Å². The average molecular weight is 504 g/mol. The molecule has 3 aromatic rings. The lowest BCUT2D eigenvalue weighted by Gasteiger charge is -2.19. The summed E-state index contributed by atoms with van der Waals surface area (Å²) in [6.07, 6.45) is 10.5. The van der Waals surface area contributed by atoms with Crippen molar-refractivity contribution in [3.63, 3.8) is 0 Å². The summed E-state index contributed by atoms with van der Waals surface area (Å²) in [5, 5.41) is 4.12. The maximum Gasteiger partial charge on any atom is 0.255 e. The van der Waals surface area contributed by atoms with Gasteiger partial charge in [0.1, 0.15) is 0 Å².